The van der Waals surface area contributed by atoms with Crippen molar-refractivity contribution in [1.82, 2.24) is 5.32 Å². The Morgan fingerprint density at radius 1 is 1.14 bits per heavy atom. The minimum Gasteiger partial charge on any atom is -0.396 e. The average molecular weight is 295 g/mol. The van der Waals surface area contributed by atoms with E-state index in [1.807, 2.05) is 44.2 Å². The third-order valence-corrected chi connectivity index (χ3v) is 4.29. The molecule has 1 heterocycles. The lowest BCUT2D eigenvalue weighted by atomic mass is 9.78. The lowest BCUT2D eigenvalue weighted by molar-refractivity contribution is -0.215. The zero-order valence-corrected chi connectivity index (χ0v) is 12.6. The summed E-state index contributed by atoms with van der Waals surface area (Å²) in [5, 5.41) is 32.8. The molecule has 5 nitrogen and oxygen atoms in total. The minimum absolute atomic E-state index is 0.157. The third-order valence-electron chi connectivity index (χ3n) is 4.29. The topological polar surface area (TPSA) is 82.0 Å². The van der Waals surface area contributed by atoms with Crippen molar-refractivity contribution in [3.05, 3.63) is 35.9 Å². The second-order valence-corrected chi connectivity index (χ2v) is 6.11. The van der Waals surface area contributed by atoms with E-state index in [2.05, 4.69) is 5.32 Å². The molecule has 0 bridgehead atoms. The number of rotatable bonds is 5. The summed E-state index contributed by atoms with van der Waals surface area (Å²) < 4.78 is 5.87. The van der Waals surface area contributed by atoms with Gasteiger partial charge in [-0.25, -0.2) is 0 Å². The normalized spacial score (nSPS) is 32.0. The molecule has 1 aliphatic rings. The summed E-state index contributed by atoms with van der Waals surface area (Å²) in [6.07, 6.45) is -1.28. The Labute approximate surface area is 125 Å². The van der Waals surface area contributed by atoms with Crippen LogP contribution in [-0.4, -0.2) is 52.4 Å². The monoisotopic (exact) mass is 295 g/mol. The molecule has 1 saturated heterocycles. The maximum atomic E-state index is 10.5. The van der Waals surface area contributed by atoms with Crippen LogP contribution in [0.2, 0.25) is 0 Å². The first-order valence-electron chi connectivity index (χ1n) is 7.34. The minimum atomic E-state index is -0.778. The molecule has 0 aromatic heterocycles. The molecule has 1 aliphatic heterocycles. The van der Waals surface area contributed by atoms with Crippen LogP contribution < -0.4 is 5.32 Å². The van der Waals surface area contributed by atoms with E-state index in [0.717, 1.165) is 5.56 Å². The summed E-state index contributed by atoms with van der Waals surface area (Å²) in [6, 6.07) is 9.42. The Balaban J connectivity index is 2.08. The first-order valence-corrected chi connectivity index (χ1v) is 7.34. The first kappa shape index (κ1) is 16.4. The van der Waals surface area contributed by atoms with Crippen LogP contribution in [0.4, 0.5) is 0 Å². The van der Waals surface area contributed by atoms with E-state index in [1.54, 1.807) is 0 Å². The van der Waals surface area contributed by atoms with Crippen LogP contribution in [0.3, 0.4) is 0 Å². The van der Waals surface area contributed by atoms with Crippen LogP contribution in [0.1, 0.15) is 19.4 Å². The largest absolute Gasteiger partial charge is 0.396 e. The third kappa shape index (κ3) is 3.62. The molecule has 118 valence electrons. The standard InChI is InChI=1S/C16H25NO4/c1-16(2)12(9-18)15(20)14(13(10-19)21-16)17-8-11-6-4-3-5-7-11/h3-7,12-15,17-20H,8-10H2,1-2H3/t12-,13+,14-,15-/m0/s1. The highest BCUT2D eigenvalue weighted by molar-refractivity contribution is 5.14. The van der Waals surface area contributed by atoms with Crippen molar-refractivity contribution >= 4 is 0 Å². The number of benzene rings is 1. The highest BCUT2D eigenvalue weighted by Gasteiger charge is 2.48. The Morgan fingerprint density at radius 2 is 1.81 bits per heavy atom. The molecule has 0 spiro atoms. The van der Waals surface area contributed by atoms with Crippen LogP contribution in [0.25, 0.3) is 0 Å². The number of nitrogens with one attached hydrogen (secondary N) is 1. The molecular formula is C16H25NO4. The van der Waals surface area contributed by atoms with E-state index in [9.17, 15) is 15.3 Å². The predicted molar refractivity (Wildman–Crippen MR) is 79.7 cm³/mol. The Hall–Kier alpha value is -0.980. The highest BCUT2D eigenvalue weighted by Crippen LogP contribution is 2.34. The quantitative estimate of drug-likeness (QED) is 0.627. The molecule has 21 heavy (non-hydrogen) atoms. The highest BCUT2D eigenvalue weighted by atomic mass is 16.5. The van der Waals surface area contributed by atoms with Crippen molar-refractivity contribution in [2.75, 3.05) is 13.2 Å². The number of aliphatic hydroxyl groups is 3. The van der Waals surface area contributed by atoms with E-state index in [4.69, 9.17) is 4.74 Å². The van der Waals surface area contributed by atoms with Crippen LogP contribution in [0.5, 0.6) is 0 Å². The van der Waals surface area contributed by atoms with Gasteiger partial charge in [0.05, 0.1) is 37.1 Å². The summed E-state index contributed by atoms with van der Waals surface area (Å²) in [5.74, 6) is -0.395. The molecule has 0 aliphatic carbocycles. The van der Waals surface area contributed by atoms with Gasteiger partial charge in [0, 0.05) is 12.5 Å². The van der Waals surface area contributed by atoms with Crippen molar-refractivity contribution in [2.24, 2.45) is 5.92 Å². The molecule has 0 radical (unpaired) electrons. The van der Waals surface area contributed by atoms with Crippen LogP contribution >= 0.6 is 0 Å². The smallest absolute Gasteiger partial charge is 0.0991 e. The molecule has 0 amide bonds. The van der Waals surface area contributed by atoms with Gasteiger partial charge in [-0.1, -0.05) is 30.3 Å². The van der Waals surface area contributed by atoms with Crippen LogP contribution in [0, 0.1) is 5.92 Å². The van der Waals surface area contributed by atoms with Gasteiger partial charge in [-0.2, -0.15) is 0 Å². The van der Waals surface area contributed by atoms with Crippen molar-refractivity contribution in [3.63, 3.8) is 0 Å². The molecule has 0 saturated carbocycles. The van der Waals surface area contributed by atoms with Gasteiger partial charge in [0.15, 0.2) is 0 Å². The predicted octanol–water partition coefficient (Wildman–Crippen LogP) is 0.284. The zero-order chi connectivity index (χ0) is 15.5. The van der Waals surface area contributed by atoms with Crippen LogP contribution in [0.15, 0.2) is 30.3 Å². The SMILES string of the molecule is CC1(C)O[C@H](CO)[C@H](NCc2ccccc2)[C@@H](O)[C@@H]1CO. The zero-order valence-electron chi connectivity index (χ0n) is 12.6. The summed E-state index contributed by atoms with van der Waals surface area (Å²) in [4.78, 5) is 0. The fraction of sp³-hybridized carbons (Fsp3) is 0.625. The van der Waals surface area contributed by atoms with Crippen molar-refractivity contribution in [3.8, 4) is 0 Å². The summed E-state index contributed by atoms with van der Waals surface area (Å²) >= 11 is 0. The lowest BCUT2D eigenvalue weighted by Gasteiger charge is -2.49. The summed E-state index contributed by atoms with van der Waals surface area (Å²) in [7, 11) is 0. The molecule has 1 fully saturated rings. The molecule has 5 heteroatoms. The number of aliphatic hydroxyl groups excluding tert-OH is 3. The van der Waals surface area contributed by atoms with E-state index < -0.39 is 29.8 Å². The van der Waals surface area contributed by atoms with Gasteiger partial charge < -0.3 is 25.4 Å². The Bertz CT molecular complexity index is 437. The maximum absolute atomic E-state index is 10.5. The number of hydrogen-bond donors (Lipinski definition) is 4. The van der Waals surface area contributed by atoms with Gasteiger partial charge >= 0.3 is 0 Å². The molecule has 2 rings (SSSR count). The summed E-state index contributed by atoms with van der Waals surface area (Å²) in [6.45, 7) is 3.89. The number of ether oxygens (including phenoxy) is 1. The lowest BCUT2D eigenvalue weighted by Crippen LogP contribution is -2.64. The van der Waals surface area contributed by atoms with Gasteiger partial charge in [-0.15, -0.1) is 0 Å². The van der Waals surface area contributed by atoms with Gasteiger partial charge in [-0.3, -0.25) is 0 Å². The molecule has 1 aromatic rings. The molecule has 4 atom stereocenters. The average Bonchev–Trinajstić information content (AvgIpc) is 2.46. The number of hydrogen-bond acceptors (Lipinski definition) is 5. The van der Waals surface area contributed by atoms with E-state index in [0.29, 0.717) is 6.54 Å². The maximum Gasteiger partial charge on any atom is 0.0991 e. The van der Waals surface area contributed by atoms with Crippen molar-refractivity contribution < 1.29 is 20.1 Å². The van der Waals surface area contributed by atoms with Crippen molar-refractivity contribution in [2.45, 2.75) is 44.2 Å². The van der Waals surface area contributed by atoms with E-state index >= 15 is 0 Å². The van der Waals surface area contributed by atoms with Gasteiger partial charge in [0.1, 0.15) is 0 Å². The molecule has 4 N–H and O–H groups in total. The van der Waals surface area contributed by atoms with E-state index in [1.165, 1.54) is 0 Å². The van der Waals surface area contributed by atoms with Gasteiger partial charge in [0.25, 0.3) is 0 Å². The second-order valence-electron chi connectivity index (χ2n) is 6.11. The molecular weight excluding hydrogens is 270 g/mol. The molecule has 0 unspecified atom stereocenters. The fourth-order valence-electron chi connectivity index (χ4n) is 2.99. The van der Waals surface area contributed by atoms with E-state index in [-0.39, 0.29) is 13.2 Å². The fourth-order valence-corrected chi connectivity index (χ4v) is 2.99. The Kier molecular flexibility index (Phi) is 5.35. The van der Waals surface area contributed by atoms with Gasteiger partial charge in [-0.05, 0) is 19.4 Å². The van der Waals surface area contributed by atoms with Gasteiger partial charge in [0.2, 0.25) is 0 Å². The summed E-state index contributed by atoms with van der Waals surface area (Å²) in [5.41, 5.74) is 0.415. The second kappa shape index (κ2) is 6.85. The molecule has 1 aromatic carbocycles. The first-order chi connectivity index (χ1) is 9.99. The Morgan fingerprint density at radius 3 is 2.38 bits per heavy atom. The van der Waals surface area contributed by atoms with Crippen molar-refractivity contribution in [1.29, 1.82) is 0 Å². The van der Waals surface area contributed by atoms with Crippen LogP contribution in [-0.2, 0) is 11.3 Å².